The first kappa shape index (κ1) is 14.7. The summed E-state index contributed by atoms with van der Waals surface area (Å²) in [7, 11) is 0. The van der Waals surface area contributed by atoms with Gasteiger partial charge in [0.25, 0.3) is 5.69 Å². The van der Waals surface area contributed by atoms with E-state index in [1.807, 2.05) is 0 Å². The molecule has 1 aromatic carbocycles. The normalized spacial score (nSPS) is 12.5. The van der Waals surface area contributed by atoms with Crippen molar-refractivity contribution in [2.24, 2.45) is 11.7 Å². The maximum absolute atomic E-state index is 10.9. The Hall–Kier alpha value is -1.33. The number of nitrogens with zero attached hydrogens (tertiary/aromatic N) is 1. The Bertz CT molecular complexity index is 424. The highest BCUT2D eigenvalue weighted by atomic mass is 35.5. The average Bonchev–Trinajstić information content (AvgIpc) is 2.29. The van der Waals surface area contributed by atoms with E-state index in [2.05, 4.69) is 19.2 Å². The van der Waals surface area contributed by atoms with E-state index in [-0.39, 0.29) is 11.7 Å². The van der Waals surface area contributed by atoms with Crippen molar-refractivity contribution in [2.75, 3.05) is 11.9 Å². The maximum Gasteiger partial charge on any atom is 0.293 e. The predicted molar refractivity (Wildman–Crippen MR) is 74.0 cm³/mol. The molecule has 0 amide bonds. The second-order valence-electron chi connectivity index (χ2n) is 4.60. The van der Waals surface area contributed by atoms with E-state index in [4.69, 9.17) is 17.3 Å². The highest BCUT2D eigenvalue weighted by molar-refractivity contribution is 6.33. The van der Waals surface area contributed by atoms with Gasteiger partial charge in [0.05, 0.1) is 9.95 Å². The molecule has 1 aromatic rings. The van der Waals surface area contributed by atoms with Gasteiger partial charge in [-0.1, -0.05) is 31.5 Å². The van der Waals surface area contributed by atoms with E-state index >= 15 is 0 Å². The van der Waals surface area contributed by atoms with Crippen LogP contribution in [-0.4, -0.2) is 17.5 Å². The molecule has 0 aliphatic heterocycles. The molecule has 0 bridgehead atoms. The molecule has 1 rings (SSSR count). The lowest BCUT2D eigenvalue weighted by Gasteiger charge is -2.20. The third-order valence-corrected chi connectivity index (χ3v) is 2.89. The minimum atomic E-state index is -0.447. The van der Waals surface area contributed by atoms with Gasteiger partial charge < -0.3 is 11.1 Å². The summed E-state index contributed by atoms with van der Waals surface area (Å²) < 4.78 is 0. The molecular formula is C12H18ClN3O2. The van der Waals surface area contributed by atoms with Gasteiger partial charge in [0.2, 0.25) is 0 Å². The number of para-hydroxylation sites is 1. The lowest BCUT2D eigenvalue weighted by atomic mass is 10.0. The van der Waals surface area contributed by atoms with E-state index in [9.17, 15) is 10.1 Å². The molecule has 0 fully saturated rings. The number of nitrogens with one attached hydrogen (secondary N) is 1. The molecule has 5 nitrogen and oxygen atoms in total. The Kier molecular flexibility index (Phi) is 5.37. The van der Waals surface area contributed by atoms with Gasteiger partial charge in [-0.2, -0.15) is 0 Å². The SMILES string of the molecule is CC(C)CC(CN)Nc1c(Cl)cccc1[N+](=O)[O-]. The van der Waals surface area contributed by atoms with Crippen LogP contribution < -0.4 is 11.1 Å². The number of benzene rings is 1. The van der Waals surface area contributed by atoms with Gasteiger partial charge in [-0.25, -0.2) is 0 Å². The number of hydrogen-bond donors (Lipinski definition) is 2. The second-order valence-corrected chi connectivity index (χ2v) is 5.00. The molecule has 0 saturated carbocycles. The van der Waals surface area contributed by atoms with Crippen LogP contribution in [0.1, 0.15) is 20.3 Å². The van der Waals surface area contributed by atoms with E-state index < -0.39 is 4.92 Å². The fraction of sp³-hybridized carbons (Fsp3) is 0.500. The Morgan fingerprint density at radius 1 is 1.50 bits per heavy atom. The molecule has 0 heterocycles. The summed E-state index contributed by atoms with van der Waals surface area (Å²) in [5.74, 6) is 0.451. The first-order chi connectivity index (χ1) is 8.45. The molecule has 6 heteroatoms. The van der Waals surface area contributed by atoms with Crippen molar-refractivity contribution in [3.63, 3.8) is 0 Å². The number of nitro groups is 1. The monoisotopic (exact) mass is 271 g/mol. The van der Waals surface area contributed by atoms with Crippen molar-refractivity contribution in [1.82, 2.24) is 0 Å². The van der Waals surface area contributed by atoms with E-state index in [0.717, 1.165) is 6.42 Å². The van der Waals surface area contributed by atoms with Crippen LogP contribution in [-0.2, 0) is 0 Å². The number of rotatable bonds is 6. The number of nitrogens with two attached hydrogens (primary N) is 1. The predicted octanol–water partition coefficient (Wildman–Crippen LogP) is 3.03. The molecule has 0 spiro atoms. The molecule has 3 N–H and O–H groups in total. The fourth-order valence-corrected chi connectivity index (χ4v) is 2.02. The van der Waals surface area contributed by atoms with Crippen LogP contribution in [0.25, 0.3) is 0 Å². The van der Waals surface area contributed by atoms with Gasteiger partial charge in [0, 0.05) is 18.7 Å². The largest absolute Gasteiger partial charge is 0.374 e. The van der Waals surface area contributed by atoms with E-state index in [1.165, 1.54) is 6.07 Å². The van der Waals surface area contributed by atoms with Gasteiger partial charge in [0.1, 0.15) is 5.69 Å². The van der Waals surface area contributed by atoms with Crippen molar-refractivity contribution >= 4 is 23.0 Å². The zero-order valence-electron chi connectivity index (χ0n) is 10.5. The standard InChI is InChI=1S/C12H18ClN3O2/c1-8(2)6-9(7-14)15-12-10(13)4-3-5-11(12)16(17)18/h3-5,8-9,15H,6-7,14H2,1-2H3. The summed E-state index contributed by atoms with van der Waals surface area (Å²) in [6.45, 7) is 4.55. The first-order valence-corrected chi connectivity index (χ1v) is 6.23. The van der Waals surface area contributed by atoms with Crippen LogP contribution in [0.4, 0.5) is 11.4 Å². The first-order valence-electron chi connectivity index (χ1n) is 5.85. The Balaban J connectivity index is 2.97. The van der Waals surface area contributed by atoms with Crippen LogP contribution >= 0.6 is 11.6 Å². The van der Waals surface area contributed by atoms with Crippen LogP contribution in [0, 0.1) is 16.0 Å². The van der Waals surface area contributed by atoms with Crippen molar-refractivity contribution in [3.05, 3.63) is 33.3 Å². The second kappa shape index (κ2) is 6.56. The molecule has 0 aliphatic carbocycles. The molecule has 1 unspecified atom stereocenters. The van der Waals surface area contributed by atoms with Crippen molar-refractivity contribution in [3.8, 4) is 0 Å². The quantitative estimate of drug-likeness (QED) is 0.615. The molecule has 100 valence electrons. The molecule has 1 atom stereocenters. The summed E-state index contributed by atoms with van der Waals surface area (Å²) in [6, 6.07) is 4.59. The van der Waals surface area contributed by atoms with Crippen LogP contribution in [0.5, 0.6) is 0 Å². The highest BCUT2D eigenvalue weighted by Crippen LogP contribution is 2.32. The van der Waals surface area contributed by atoms with Crippen LogP contribution in [0.15, 0.2) is 18.2 Å². The Labute approximate surface area is 111 Å². The summed E-state index contributed by atoms with van der Waals surface area (Å²) in [5, 5.41) is 14.4. The maximum atomic E-state index is 10.9. The molecular weight excluding hydrogens is 254 g/mol. The molecule has 0 aliphatic rings. The number of nitro benzene ring substituents is 1. The van der Waals surface area contributed by atoms with Gasteiger partial charge in [-0.15, -0.1) is 0 Å². The van der Waals surface area contributed by atoms with Gasteiger partial charge in [-0.3, -0.25) is 10.1 Å². The van der Waals surface area contributed by atoms with Crippen LogP contribution in [0.3, 0.4) is 0 Å². The van der Waals surface area contributed by atoms with Gasteiger partial charge >= 0.3 is 0 Å². The lowest BCUT2D eigenvalue weighted by Crippen LogP contribution is -2.30. The molecule has 18 heavy (non-hydrogen) atoms. The number of hydrogen-bond acceptors (Lipinski definition) is 4. The summed E-state index contributed by atoms with van der Waals surface area (Å²) in [5.41, 5.74) is 5.99. The molecule has 0 saturated heterocycles. The van der Waals surface area contributed by atoms with E-state index in [0.29, 0.717) is 23.2 Å². The summed E-state index contributed by atoms with van der Waals surface area (Å²) in [6.07, 6.45) is 0.832. The minimum Gasteiger partial charge on any atom is -0.374 e. The zero-order valence-corrected chi connectivity index (χ0v) is 11.3. The smallest absolute Gasteiger partial charge is 0.293 e. The average molecular weight is 272 g/mol. The van der Waals surface area contributed by atoms with Crippen molar-refractivity contribution in [2.45, 2.75) is 26.3 Å². The van der Waals surface area contributed by atoms with Crippen molar-refractivity contribution < 1.29 is 4.92 Å². The molecule has 0 radical (unpaired) electrons. The topological polar surface area (TPSA) is 81.2 Å². The Morgan fingerprint density at radius 2 is 2.17 bits per heavy atom. The fourth-order valence-electron chi connectivity index (χ4n) is 1.80. The molecule has 0 aromatic heterocycles. The van der Waals surface area contributed by atoms with Gasteiger partial charge in [-0.05, 0) is 18.4 Å². The number of halogens is 1. The third-order valence-electron chi connectivity index (χ3n) is 2.58. The highest BCUT2D eigenvalue weighted by Gasteiger charge is 2.19. The van der Waals surface area contributed by atoms with Gasteiger partial charge in [0.15, 0.2) is 0 Å². The summed E-state index contributed by atoms with van der Waals surface area (Å²) >= 11 is 6.00. The Morgan fingerprint density at radius 3 is 2.67 bits per heavy atom. The number of anilines is 1. The third kappa shape index (κ3) is 3.85. The van der Waals surface area contributed by atoms with Crippen molar-refractivity contribution in [1.29, 1.82) is 0 Å². The van der Waals surface area contributed by atoms with Crippen LogP contribution in [0.2, 0.25) is 5.02 Å². The van der Waals surface area contributed by atoms with E-state index in [1.54, 1.807) is 12.1 Å². The summed E-state index contributed by atoms with van der Waals surface area (Å²) in [4.78, 5) is 10.5. The lowest BCUT2D eigenvalue weighted by molar-refractivity contribution is -0.384. The minimum absolute atomic E-state index is 0.0234. The zero-order chi connectivity index (χ0) is 13.7.